The Morgan fingerprint density at radius 1 is 0.944 bits per heavy atom. The van der Waals surface area contributed by atoms with Crippen LogP contribution in [0, 0.1) is 5.92 Å². The van der Waals surface area contributed by atoms with Crippen LogP contribution >= 0.6 is 0 Å². The zero-order chi connectivity index (χ0) is 13.5. The first kappa shape index (κ1) is 15.2. The van der Waals surface area contributed by atoms with Crippen LogP contribution in [0.4, 0.5) is 0 Å². The summed E-state index contributed by atoms with van der Waals surface area (Å²) < 4.78 is 0. The van der Waals surface area contributed by atoms with Gasteiger partial charge in [0, 0.05) is 6.04 Å². The highest BCUT2D eigenvalue weighted by Gasteiger charge is 2.10. The monoisotopic (exact) mass is 248 g/mol. The van der Waals surface area contributed by atoms with Gasteiger partial charge in [0.25, 0.3) is 0 Å². The Morgan fingerprint density at radius 3 is 1.94 bits per heavy atom. The highest BCUT2D eigenvalue weighted by atomic mass is 15.2. The summed E-state index contributed by atoms with van der Waals surface area (Å²) in [6.07, 6.45) is 3.59. The van der Waals surface area contributed by atoms with Gasteiger partial charge >= 0.3 is 0 Å². The van der Waals surface area contributed by atoms with E-state index in [0.29, 0.717) is 5.92 Å². The summed E-state index contributed by atoms with van der Waals surface area (Å²) in [5.74, 6) is 7.03. The van der Waals surface area contributed by atoms with Crippen molar-refractivity contribution in [1.82, 2.24) is 5.43 Å². The van der Waals surface area contributed by atoms with E-state index in [0.717, 1.165) is 12.3 Å². The van der Waals surface area contributed by atoms with E-state index in [-0.39, 0.29) is 6.04 Å². The molecule has 1 aromatic carbocycles. The fourth-order valence-corrected chi connectivity index (χ4v) is 2.19. The molecule has 2 nitrogen and oxygen atoms in total. The highest BCUT2D eigenvalue weighted by Crippen LogP contribution is 2.22. The molecule has 3 N–H and O–H groups in total. The molecule has 0 radical (unpaired) electrons. The molecule has 0 aliphatic rings. The lowest BCUT2D eigenvalue weighted by atomic mass is 9.95. The second-order valence-corrected chi connectivity index (χ2v) is 5.87. The fraction of sp³-hybridized carbons (Fsp3) is 0.625. The number of hydrazine groups is 1. The lowest BCUT2D eigenvalue weighted by molar-refractivity contribution is 0.455. The summed E-state index contributed by atoms with van der Waals surface area (Å²) in [5, 5.41) is 0. The summed E-state index contributed by atoms with van der Waals surface area (Å²) in [6, 6.07) is 9.12. The molecule has 1 unspecified atom stereocenters. The second-order valence-electron chi connectivity index (χ2n) is 5.87. The molecule has 18 heavy (non-hydrogen) atoms. The Kier molecular flexibility index (Phi) is 6.37. The smallest absolute Gasteiger partial charge is 0.0460 e. The largest absolute Gasteiger partial charge is 0.271 e. The van der Waals surface area contributed by atoms with Crippen LogP contribution in [0.3, 0.4) is 0 Å². The summed E-state index contributed by atoms with van der Waals surface area (Å²) in [7, 11) is 0. The van der Waals surface area contributed by atoms with Crippen molar-refractivity contribution in [3.63, 3.8) is 0 Å². The number of nitrogens with two attached hydrogens (primary N) is 1. The molecule has 0 aromatic heterocycles. The van der Waals surface area contributed by atoms with Gasteiger partial charge in [0.1, 0.15) is 0 Å². The van der Waals surface area contributed by atoms with Gasteiger partial charge in [-0.15, -0.1) is 0 Å². The van der Waals surface area contributed by atoms with E-state index in [1.807, 2.05) is 0 Å². The first-order valence-corrected chi connectivity index (χ1v) is 7.10. The molecule has 0 aliphatic heterocycles. The van der Waals surface area contributed by atoms with Gasteiger partial charge in [-0.2, -0.15) is 0 Å². The minimum atomic E-state index is 0.282. The van der Waals surface area contributed by atoms with Gasteiger partial charge in [-0.1, -0.05) is 64.8 Å². The average molecular weight is 248 g/mol. The molecule has 0 bridgehead atoms. The van der Waals surface area contributed by atoms with Crippen molar-refractivity contribution in [3.05, 3.63) is 35.4 Å². The maximum absolute atomic E-state index is 5.67. The van der Waals surface area contributed by atoms with Crippen LogP contribution in [0.1, 0.15) is 70.0 Å². The molecule has 0 amide bonds. The normalized spacial score (nSPS) is 13.3. The molecule has 1 atom stereocenters. The molecular formula is C16H28N2. The summed E-state index contributed by atoms with van der Waals surface area (Å²) in [6.45, 7) is 8.97. The van der Waals surface area contributed by atoms with E-state index < -0.39 is 0 Å². The molecule has 1 aromatic rings. The van der Waals surface area contributed by atoms with Crippen LogP contribution in [-0.4, -0.2) is 0 Å². The van der Waals surface area contributed by atoms with Crippen LogP contribution < -0.4 is 11.3 Å². The first-order valence-electron chi connectivity index (χ1n) is 7.10. The van der Waals surface area contributed by atoms with E-state index >= 15 is 0 Å². The Hall–Kier alpha value is -0.860. The third-order valence-corrected chi connectivity index (χ3v) is 3.48. The highest BCUT2D eigenvalue weighted by molar-refractivity contribution is 5.26. The Labute approximate surface area is 112 Å². The lowest BCUT2D eigenvalue weighted by Crippen LogP contribution is -2.28. The standard InChI is InChI=1S/C16H28N2/c1-12(2)6-5-7-16(18-17)15-10-8-14(9-11-15)13(3)4/h8-13,16,18H,5-7,17H2,1-4H3. The minimum absolute atomic E-state index is 0.282. The molecule has 0 spiro atoms. The third-order valence-electron chi connectivity index (χ3n) is 3.48. The first-order chi connectivity index (χ1) is 8.54. The Balaban J connectivity index is 2.58. The van der Waals surface area contributed by atoms with E-state index in [4.69, 9.17) is 5.84 Å². The average Bonchev–Trinajstić information content (AvgIpc) is 2.34. The fourth-order valence-electron chi connectivity index (χ4n) is 2.19. The number of nitrogens with one attached hydrogen (secondary N) is 1. The van der Waals surface area contributed by atoms with Crippen molar-refractivity contribution in [3.8, 4) is 0 Å². The quantitative estimate of drug-likeness (QED) is 0.562. The minimum Gasteiger partial charge on any atom is -0.271 e. The maximum atomic E-state index is 5.67. The van der Waals surface area contributed by atoms with Gasteiger partial charge in [0.15, 0.2) is 0 Å². The van der Waals surface area contributed by atoms with E-state index in [1.54, 1.807) is 0 Å². The molecule has 102 valence electrons. The Bertz CT molecular complexity index is 327. The predicted octanol–water partition coefficient (Wildman–Crippen LogP) is 4.14. The van der Waals surface area contributed by atoms with Crippen molar-refractivity contribution in [2.45, 2.75) is 58.9 Å². The van der Waals surface area contributed by atoms with E-state index in [1.165, 1.54) is 24.0 Å². The molecular weight excluding hydrogens is 220 g/mol. The second kappa shape index (κ2) is 7.55. The lowest BCUT2D eigenvalue weighted by Gasteiger charge is -2.17. The van der Waals surface area contributed by atoms with Crippen molar-refractivity contribution in [2.24, 2.45) is 11.8 Å². The molecule has 0 aliphatic carbocycles. The topological polar surface area (TPSA) is 38.0 Å². The molecule has 0 saturated carbocycles. The van der Waals surface area contributed by atoms with Crippen LogP contribution in [-0.2, 0) is 0 Å². The van der Waals surface area contributed by atoms with Gasteiger partial charge in [0.05, 0.1) is 0 Å². The van der Waals surface area contributed by atoms with Crippen LogP contribution in [0.15, 0.2) is 24.3 Å². The van der Waals surface area contributed by atoms with Gasteiger partial charge in [-0.25, -0.2) is 0 Å². The van der Waals surface area contributed by atoms with Gasteiger partial charge in [-0.3, -0.25) is 11.3 Å². The number of benzene rings is 1. The Morgan fingerprint density at radius 2 is 1.50 bits per heavy atom. The summed E-state index contributed by atoms with van der Waals surface area (Å²) >= 11 is 0. The van der Waals surface area contributed by atoms with E-state index in [2.05, 4.69) is 57.4 Å². The SMILES string of the molecule is CC(C)CCCC(NN)c1ccc(C(C)C)cc1. The van der Waals surface area contributed by atoms with Crippen LogP contribution in [0.2, 0.25) is 0 Å². The third kappa shape index (κ3) is 4.79. The molecule has 1 rings (SSSR count). The van der Waals surface area contributed by atoms with Crippen LogP contribution in [0.25, 0.3) is 0 Å². The van der Waals surface area contributed by atoms with Crippen molar-refractivity contribution < 1.29 is 0 Å². The maximum Gasteiger partial charge on any atom is 0.0460 e. The molecule has 0 saturated heterocycles. The predicted molar refractivity (Wildman–Crippen MR) is 79.3 cm³/mol. The summed E-state index contributed by atoms with van der Waals surface area (Å²) in [4.78, 5) is 0. The van der Waals surface area contributed by atoms with Crippen LogP contribution in [0.5, 0.6) is 0 Å². The van der Waals surface area contributed by atoms with Crippen molar-refractivity contribution >= 4 is 0 Å². The van der Waals surface area contributed by atoms with Crippen molar-refractivity contribution in [1.29, 1.82) is 0 Å². The zero-order valence-electron chi connectivity index (χ0n) is 12.2. The van der Waals surface area contributed by atoms with Crippen molar-refractivity contribution in [2.75, 3.05) is 0 Å². The summed E-state index contributed by atoms with van der Waals surface area (Å²) in [5.41, 5.74) is 5.62. The van der Waals surface area contributed by atoms with Gasteiger partial charge in [0.2, 0.25) is 0 Å². The zero-order valence-corrected chi connectivity index (χ0v) is 12.2. The van der Waals surface area contributed by atoms with E-state index in [9.17, 15) is 0 Å². The van der Waals surface area contributed by atoms with Gasteiger partial charge < -0.3 is 0 Å². The van der Waals surface area contributed by atoms with Gasteiger partial charge in [-0.05, 0) is 29.4 Å². The number of rotatable bonds is 7. The molecule has 0 fully saturated rings. The molecule has 0 heterocycles. The number of hydrogen-bond acceptors (Lipinski definition) is 2. The number of hydrogen-bond donors (Lipinski definition) is 2. The molecule has 2 heteroatoms.